The lowest BCUT2D eigenvalue weighted by atomic mass is 9.96. The number of aromatic nitrogens is 2. The Kier molecular flexibility index (Phi) is 9.95. The molecule has 4 amide bonds. The predicted molar refractivity (Wildman–Crippen MR) is 202 cm³/mol. The third kappa shape index (κ3) is 7.36. The number of aromatic amines is 1. The van der Waals surface area contributed by atoms with E-state index in [1.165, 1.54) is 14.2 Å². The van der Waals surface area contributed by atoms with Gasteiger partial charge in [0, 0.05) is 31.4 Å². The number of aliphatic imine (C=N–C) groups is 1. The van der Waals surface area contributed by atoms with Crippen molar-refractivity contribution in [1.82, 2.24) is 30.4 Å². The number of hydrogen-bond donors (Lipinski definition) is 3. The van der Waals surface area contributed by atoms with Gasteiger partial charge in [-0.1, -0.05) is 48.5 Å². The maximum atomic E-state index is 13.6. The van der Waals surface area contributed by atoms with Crippen LogP contribution in [-0.4, -0.2) is 94.9 Å². The van der Waals surface area contributed by atoms with Crippen molar-refractivity contribution < 1.29 is 28.7 Å². The van der Waals surface area contributed by atoms with E-state index in [1.54, 1.807) is 0 Å². The molecule has 4 heterocycles. The van der Waals surface area contributed by atoms with Crippen molar-refractivity contribution in [3.63, 3.8) is 0 Å². The third-order valence-corrected chi connectivity index (χ3v) is 11.5. The Morgan fingerprint density at radius 1 is 0.704 bits per heavy atom. The summed E-state index contributed by atoms with van der Waals surface area (Å²) >= 11 is 0. The summed E-state index contributed by atoms with van der Waals surface area (Å²) in [6.07, 6.45) is 10.4. The topological polar surface area (TPSA) is 158 Å². The molecule has 5 aliphatic rings. The van der Waals surface area contributed by atoms with E-state index in [9.17, 15) is 19.2 Å². The van der Waals surface area contributed by atoms with Gasteiger partial charge in [0.15, 0.2) is 0 Å². The van der Waals surface area contributed by atoms with Gasteiger partial charge >= 0.3 is 12.2 Å². The number of likely N-dealkylation sites (tertiary alicyclic amines) is 2. The Morgan fingerprint density at radius 3 is 1.74 bits per heavy atom. The van der Waals surface area contributed by atoms with Gasteiger partial charge in [0.2, 0.25) is 11.8 Å². The zero-order chi connectivity index (χ0) is 37.3. The van der Waals surface area contributed by atoms with Gasteiger partial charge in [-0.3, -0.25) is 14.6 Å². The van der Waals surface area contributed by atoms with Crippen LogP contribution in [0.3, 0.4) is 0 Å². The summed E-state index contributed by atoms with van der Waals surface area (Å²) in [5.74, 6) is 0.961. The minimum absolute atomic E-state index is 0.0366. The molecule has 4 fully saturated rings. The lowest BCUT2D eigenvalue weighted by Crippen LogP contribution is -2.52. The number of hydrogen-bond acceptors (Lipinski definition) is 8. The lowest BCUT2D eigenvalue weighted by Gasteiger charge is -2.29. The number of ether oxygens (including phenoxy) is 2. The highest BCUT2D eigenvalue weighted by Crippen LogP contribution is 2.39. The average molecular weight is 734 g/mol. The van der Waals surface area contributed by atoms with Gasteiger partial charge in [0.05, 0.1) is 38.2 Å². The maximum Gasteiger partial charge on any atom is 0.407 e. The molecule has 2 saturated carbocycles. The van der Waals surface area contributed by atoms with Crippen LogP contribution in [0.2, 0.25) is 0 Å². The molecule has 0 radical (unpaired) electrons. The number of allylic oxidation sites excluding steroid dienone is 1. The van der Waals surface area contributed by atoms with Crippen molar-refractivity contribution in [3.8, 4) is 22.4 Å². The summed E-state index contributed by atoms with van der Waals surface area (Å²) in [7, 11) is 2.63. The van der Waals surface area contributed by atoms with Crippen LogP contribution in [0.4, 0.5) is 9.59 Å². The molecule has 3 aliphatic heterocycles. The monoisotopic (exact) mass is 733 g/mol. The van der Waals surface area contributed by atoms with Crippen molar-refractivity contribution in [2.75, 3.05) is 27.3 Å². The minimum atomic E-state index is -0.581. The minimum Gasteiger partial charge on any atom is -0.453 e. The number of H-pyrrole nitrogens is 1. The number of nitrogens with one attached hydrogen (secondary N) is 3. The van der Waals surface area contributed by atoms with E-state index in [4.69, 9.17) is 19.5 Å². The molecule has 3 N–H and O–H groups in total. The Balaban J connectivity index is 0.883. The van der Waals surface area contributed by atoms with Crippen molar-refractivity contribution in [1.29, 1.82) is 0 Å². The van der Waals surface area contributed by atoms with E-state index in [0.29, 0.717) is 19.5 Å². The Bertz CT molecular complexity index is 1960. The number of rotatable bonds is 11. The van der Waals surface area contributed by atoms with E-state index in [0.717, 1.165) is 96.4 Å². The number of amides is 4. The molecule has 4 atom stereocenters. The highest BCUT2D eigenvalue weighted by atomic mass is 16.5. The molecule has 2 aliphatic carbocycles. The second-order valence-electron chi connectivity index (χ2n) is 15.1. The lowest BCUT2D eigenvalue weighted by molar-refractivity contribution is -0.135. The molecule has 2 aromatic carbocycles. The molecule has 0 unspecified atom stereocenters. The van der Waals surface area contributed by atoms with E-state index in [-0.39, 0.29) is 35.7 Å². The summed E-state index contributed by atoms with van der Waals surface area (Å²) in [5.41, 5.74) is 7.28. The van der Waals surface area contributed by atoms with Crippen LogP contribution in [0.25, 0.3) is 28.0 Å². The average Bonchev–Trinajstić information content (AvgIpc) is 3.92. The van der Waals surface area contributed by atoms with E-state index >= 15 is 0 Å². The SMILES string of the molecule is COC(=O)N[C@@H](C(=O)N1CCC[C@@H]1C1=NC=C(c2ccc(-c3ccc(-c4cnc([C@H]5CCCN5C(=O)[C@H](NC(=O)OC)C5CC5)[nH]4)cc3)cc2)C1)C1CC1. The van der Waals surface area contributed by atoms with Crippen LogP contribution in [0, 0.1) is 11.8 Å². The standard InChI is InChI=1S/C41H47N7O6/c1-53-40(51)45-35(28-15-16-28)38(49)47-19-3-5-33(47)31-21-30(22-42-31)26-9-7-24(8-10-26)25-11-13-27(14-12-25)32-23-43-37(44-32)34-6-4-20-48(34)39(50)36(29-17-18-29)46-41(52)54-2/h7-14,22-23,28-29,33-36H,3-6,15-21H2,1-2H3,(H,43,44)(H,45,51)(H,46,52)/t33-,34-,35-,36-/m1/s1. The first-order valence-electron chi connectivity index (χ1n) is 19.1. The van der Waals surface area contributed by atoms with Gasteiger partial charge in [-0.2, -0.15) is 0 Å². The Labute approximate surface area is 314 Å². The van der Waals surface area contributed by atoms with Crippen LogP contribution in [0.1, 0.15) is 75.2 Å². The first-order valence-corrected chi connectivity index (χ1v) is 19.1. The predicted octanol–water partition coefficient (Wildman–Crippen LogP) is 5.85. The van der Waals surface area contributed by atoms with Crippen LogP contribution < -0.4 is 10.6 Å². The second-order valence-corrected chi connectivity index (χ2v) is 15.1. The first kappa shape index (κ1) is 35.6. The van der Waals surface area contributed by atoms with Gasteiger partial charge in [-0.15, -0.1) is 0 Å². The van der Waals surface area contributed by atoms with Crippen molar-refractivity contribution in [3.05, 3.63) is 72.3 Å². The highest BCUT2D eigenvalue weighted by Gasteiger charge is 2.45. The summed E-state index contributed by atoms with van der Waals surface area (Å²) < 4.78 is 9.57. The van der Waals surface area contributed by atoms with Crippen LogP contribution in [-0.2, 0) is 19.1 Å². The summed E-state index contributed by atoms with van der Waals surface area (Å²) in [4.78, 5) is 67.8. The summed E-state index contributed by atoms with van der Waals surface area (Å²) in [5, 5.41) is 5.54. The van der Waals surface area contributed by atoms with E-state index in [1.807, 2.05) is 22.2 Å². The summed E-state index contributed by atoms with van der Waals surface area (Å²) in [6, 6.07) is 15.5. The number of carbonyl (C=O) groups excluding carboxylic acids is 4. The van der Waals surface area contributed by atoms with E-state index in [2.05, 4.69) is 64.1 Å². The molecule has 13 heteroatoms. The van der Waals surface area contributed by atoms with Crippen molar-refractivity contribution in [2.45, 2.75) is 82.0 Å². The van der Waals surface area contributed by atoms with Crippen molar-refractivity contribution in [2.24, 2.45) is 16.8 Å². The number of imidazole rings is 1. The molecule has 54 heavy (non-hydrogen) atoms. The fourth-order valence-electron chi connectivity index (χ4n) is 8.24. The van der Waals surface area contributed by atoms with Gasteiger partial charge < -0.3 is 34.9 Å². The normalized spacial score (nSPS) is 22.0. The molecule has 0 bridgehead atoms. The van der Waals surface area contributed by atoms with Gasteiger partial charge in [-0.05, 0) is 91.0 Å². The molecular formula is C41H47N7O6. The number of methoxy groups -OCH3 is 2. The third-order valence-electron chi connectivity index (χ3n) is 11.5. The molecule has 8 rings (SSSR count). The molecule has 282 valence electrons. The molecule has 3 aromatic rings. The van der Waals surface area contributed by atoms with Gasteiger partial charge in [0.25, 0.3) is 0 Å². The fraction of sp³-hybridized carbons (Fsp3) is 0.463. The molecule has 1 aromatic heterocycles. The molecule has 13 nitrogen and oxygen atoms in total. The van der Waals surface area contributed by atoms with E-state index < -0.39 is 24.3 Å². The Hall–Kier alpha value is -5.46. The molecule has 0 spiro atoms. The zero-order valence-corrected chi connectivity index (χ0v) is 30.8. The number of nitrogens with zero attached hydrogens (tertiary/aromatic N) is 4. The largest absolute Gasteiger partial charge is 0.453 e. The summed E-state index contributed by atoms with van der Waals surface area (Å²) in [6.45, 7) is 1.29. The second kappa shape index (κ2) is 15.1. The van der Waals surface area contributed by atoms with Gasteiger partial charge in [-0.25, -0.2) is 14.6 Å². The molecular weight excluding hydrogens is 686 g/mol. The maximum absolute atomic E-state index is 13.6. The Morgan fingerprint density at radius 2 is 1.20 bits per heavy atom. The number of benzene rings is 2. The molecule has 2 saturated heterocycles. The number of alkyl carbamates (subject to hydrolysis) is 2. The quantitative estimate of drug-likeness (QED) is 0.223. The van der Waals surface area contributed by atoms with Gasteiger partial charge in [0.1, 0.15) is 17.9 Å². The smallest absolute Gasteiger partial charge is 0.407 e. The first-order chi connectivity index (χ1) is 26.3. The zero-order valence-electron chi connectivity index (χ0n) is 30.8. The number of carbonyl (C=O) groups is 4. The van der Waals surface area contributed by atoms with Crippen molar-refractivity contribution >= 4 is 35.3 Å². The van der Waals surface area contributed by atoms with Crippen LogP contribution in [0.15, 0.2) is 65.9 Å². The van der Waals surface area contributed by atoms with Crippen LogP contribution in [0.5, 0.6) is 0 Å². The fourth-order valence-corrected chi connectivity index (χ4v) is 8.24. The van der Waals surface area contributed by atoms with Crippen LogP contribution >= 0.6 is 0 Å². The highest BCUT2D eigenvalue weighted by molar-refractivity contribution is 6.04.